The average Bonchev–Trinajstić information content (AvgIpc) is 2.42. The third-order valence-corrected chi connectivity index (χ3v) is 4.38. The van der Waals surface area contributed by atoms with Crippen LogP contribution in [0.15, 0.2) is 60.6 Å². The highest BCUT2D eigenvalue weighted by Crippen LogP contribution is 2.39. The van der Waals surface area contributed by atoms with E-state index in [0.717, 1.165) is 8.95 Å². The van der Waals surface area contributed by atoms with Crippen LogP contribution in [0, 0.1) is 0 Å². The van der Waals surface area contributed by atoms with Gasteiger partial charge in [0.15, 0.2) is 5.75 Å². The van der Waals surface area contributed by atoms with Crippen LogP contribution < -0.4 is 10.4 Å². The number of fused-ring (bicyclic) bond motifs is 1. The summed E-state index contributed by atoms with van der Waals surface area (Å²) in [5.74, 6) is 0.906. The summed E-state index contributed by atoms with van der Waals surface area (Å²) < 4.78 is 12.5. The lowest BCUT2D eigenvalue weighted by Gasteiger charge is -2.11. The molecule has 0 N–H and O–H groups in total. The van der Waals surface area contributed by atoms with Crippen molar-refractivity contribution in [2.45, 2.75) is 0 Å². The fourth-order valence-corrected chi connectivity index (χ4v) is 3.34. The zero-order chi connectivity index (χ0) is 15.0. The van der Waals surface area contributed by atoms with Crippen LogP contribution in [0.3, 0.4) is 0 Å². The van der Waals surface area contributed by atoms with Crippen molar-refractivity contribution in [1.29, 1.82) is 0 Å². The molecule has 0 radical (unpaired) electrons. The number of benzene rings is 2. The molecular weight excluding hydrogens is 423 g/mol. The monoisotopic (exact) mass is 428 g/mol. The predicted octanol–water partition coefficient (Wildman–Crippen LogP) is 5.76. The van der Waals surface area contributed by atoms with Crippen LogP contribution in [0.25, 0.3) is 11.0 Å². The first-order chi connectivity index (χ1) is 10.1. The lowest BCUT2D eigenvalue weighted by Crippen LogP contribution is -1.99. The Balaban J connectivity index is 2.23. The van der Waals surface area contributed by atoms with E-state index in [9.17, 15) is 4.79 Å². The quantitative estimate of drug-likeness (QED) is 0.485. The molecule has 0 aliphatic carbocycles. The Bertz CT molecular complexity index is 869. The first-order valence-corrected chi connectivity index (χ1v) is 7.87. The zero-order valence-corrected chi connectivity index (χ0v) is 14.3. The van der Waals surface area contributed by atoms with Crippen LogP contribution in [-0.2, 0) is 0 Å². The van der Waals surface area contributed by atoms with E-state index >= 15 is 0 Å². The van der Waals surface area contributed by atoms with Gasteiger partial charge in [0.2, 0.25) is 0 Å². The minimum atomic E-state index is -0.497. The molecular formula is C15H7Br2ClO3. The van der Waals surface area contributed by atoms with Crippen LogP contribution in [0.1, 0.15) is 0 Å². The normalized spacial score (nSPS) is 10.8. The lowest BCUT2D eigenvalue weighted by atomic mass is 10.2. The highest BCUT2D eigenvalue weighted by Gasteiger charge is 2.14. The van der Waals surface area contributed by atoms with E-state index < -0.39 is 5.63 Å². The van der Waals surface area contributed by atoms with Gasteiger partial charge >= 0.3 is 5.63 Å². The fourth-order valence-electron chi connectivity index (χ4n) is 1.92. The molecule has 1 aromatic heterocycles. The zero-order valence-electron chi connectivity index (χ0n) is 10.4. The van der Waals surface area contributed by atoms with Gasteiger partial charge in [-0.05, 0) is 56.1 Å². The van der Waals surface area contributed by atoms with Gasteiger partial charge < -0.3 is 9.15 Å². The first-order valence-electron chi connectivity index (χ1n) is 5.90. The fraction of sp³-hybridized carbons (Fsp3) is 0. The van der Waals surface area contributed by atoms with E-state index in [4.69, 9.17) is 20.8 Å². The van der Waals surface area contributed by atoms with Crippen molar-refractivity contribution in [2.75, 3.05) is 0 Å². The number of rotatable bonds is 2. The van der Waals surface area contributed by atoms with Gasteiger partial charge in [0, 0.05) is 0 Å². The van der Waals surface area contributed by atoms with Crippen molar-refractivity contribution in [3.8, 4) is 11.5 Å². The topological polar surface area (TPSA) is 39.4 Å². The second kappa shape index (κ2) is 5.83. The molecule has 0 amide bonds. The summed E-state index contributed by atoms with van der Waals surface area (Å²) in [6, 6.07) is 11.9. The van der Waals surface area contributed by atoms with E-state index in [-0.39, 0.29) is 0 Å². The van der Waals surface area contributed by atoms with E-state index in [1.807, 2.05) is 18.2 Å². The molecule has 0 aliphatic heterocycles. The van der Waals surface area contributed by atoms with Crippen LogP contribution in [0.2, 0.25) is 5.02 Å². The van der Waals surface area contributed by atoms with Gasteiger partial charge in [-0.25, -0.2) is 4.79 Å². The van der Waals surface area contributed by atoms with Crippen LogP contribution in [0.4, 0.5) is 0 Å². The molecule has 21 heavy (non-hydrogen) atoms. The van der Waals surface area contributed by atoms with Crippen molar-refractivity contribution in [1.82, 2.24) is 0 Å². The summed E-state index contributed by atoms with van der Waals surface area (Å²) in [6.45, 7) is 0. The predicted molar refractivity (Wildman–Crippen MR) is 89.4 cm³/mol. The van der Waals surface area contributed by atoms with E-state index in [0.29, 0.717) is 27.5 Å². The lowest BCUT2D eigenvalue weighted by molar-refractivity contribution is 0.470. The maximum absolute atomic E-state index is 11.7. The van der Waals surface area contributed by atoms with Gasteiger partial charge in [-0.15, -0.1) is 0 Å². The van der Waals surface area contributed by atoms with E-state index in [1.54, 1.807) is 18.2 Å². The van der Waals surface area contributed by atoms with Gasteiger partial charge in [-0.3, -0.25) is 0 Å². The summed E-state index contributed by atoms with van der Waals surface area (Å²) >= 11 is 13.0. The minimum Gasteiger partial charge on any atom is -0.454 e. The molecule has 3 nitrogen and oxygen atoms in total. The third-order valence-electron chi connectivity index (χ3n) is 2.81. The Morgan fingerprint density at radius 2 is 1.71 bits per heavy atom. The SMILES string of the molecule is O=c1cc(Oc2c(Br)cccc2Br)c2c(Cl)cccc2o1. The van der Waals surface area contributed by atoms with Gasteiger partial charge in [0.25, 0.3) is 0 Å². The molecule has 1 heterocycles. The third kappa shape index (κ3) is 2.86. The molecule has 0 fully saturated rings. The molecule has 0 aliphatic rings. The average molecular weight is 430 g/mol. The van der Waals surface area contributed by atoms with Crippen molar-refractivity contribution in [2.24, 2.45) is 0 Å². The summed E-state index contributed by atoms with van der Waals surface area (Å²) in [5, 5.41) is 1.01. The summed E-state index contributed by atoms with van der Waals surface area (Å²) in [4.78, 5) is 11.7. The molecule has 6 heteroatoms. The smallest absolute Gasteiger partial charge is 0.339 e. The van der Waals surface area contributed by atoms with E-state index in [2.05, 4.69) is 31.9 Å². The molecule has 0 unspecified atom stereocenters. The van der Waals surface area contributed by atoms with Crippen molar-refractivity contribution in [3.63, 3.8) is 0 Å². The molecule has 3 rings (SSSR count). The molecule has 0 spiro atoms. The van der Waals surface area contributed by atoms with E-state index in [1.165, 1.54) is 6.07 Å². The second-order valence-electron chi connectivity index (χ2n) is 4.20. The molecule has 0 saturated heterocycles. The molecule has 2 aromatic carbocycles. The number of para-hydroxylation sites is 1. The van der Waals surface area contributed by atoms with Crippen LogP contribution in [0.5, 0.6) is 11.5 Å². The number of ether oxygens (including phenoxy) is 1. The van der Waals surface area contributed by atoms with Crippen molar-refractivity contribution < 1.29 is 9.15 Å². The number of halogens is 3. The van der Waals surface area contributed by atoms with Crippen molar-refractivity contribution >= 4 is 54.4 Å². The molecule has 0 bridgehead atoms. The summed E-state index contributed by atoms with van der Waals surface area (Å²) in [7, 11) is 0. The second-order valence-corrected chi connectivity index (χ2v) is 6.31. The maximum Gasteiger partial charge on any atom is 0.339 e. The first kappa shape index (κ1) is 14.6. The maximum atomic E-state index is 11.7. The molecule has 3 aromatic rings. The molecule has 0 atom stereocenters. The Morgan fingerprint density at radius 3 is 2.43 bits per heavy atom. The Hall–Kier alpha value is -1.30. The highest BCUT2D eigenvalue weighted by molar-refractivity contribution is 9.11. The summed E-state index contributed by atoms with van der Waals surface area (Å²) in [5.41, 5.74) is -0.115. The Kier molecular flexibility index (Phi) is 4.06. The largest absolute Gasteiger partial charge is 0.454 e. The van der Waals surface area contributed by atoms with Gasteiger partial charge in [0.1, 0.15) is 11.3 Å². The van der Waals surface area contributed by atoms with Gasteiger partial charge in [-0.1, -0.05) is 23.7 Å². The van der Waals surface area contributed by atoms with Gasteiger partial charge in [0.05, 0.1) is 25.4 Å². The standard InChI is InChI=1S/C15H7Br2ClO3/c16-8-3-1-4-9(17)15(8)21-12-7-13(19)20-11-6-2-5-10(18)14(11)12/h1-7H. The number of hydrogen-bond acceptors (Lipinski definition) is 3. The highest BCUT2D eigenvalue weighted by atomic mass is 79.9. The molecule has 106 valence electrons. The Morgan fingerprint density at radius 1 is 1.05 bits per heavy atom. The minimum absolute atomic E-state index is 0.347. The van der Waals surface area contributed by atoms with Crippen LogP contribution >= 0.6 is 43.5 Å². The van der Waals surface area contributed by atoms with Gasteiger partial charge in [-0.2, -0.15) is 0 Å². The van der Waals surface area contributed by atoms with Crippen molar-refractivity contribution in [3.05, 3.63) is 66.9 Å². The summed E-state index contributed by atoms with van der Waals surface area (Å²) in [6.07, 6.45) is 0. The molecule has 0 saturated carbocycles. The van der Waals surface area contributed by atoms with Crippen LogP contribution in [-0.4, -0.2) is 0 Å². The number of hydrogen-bond donors (Lipinski definition) is 0. The Labute approximate surface area is 141 Å².